The van der Waals surface area contributed by atoms with Gasteiger partial charge in [-0.25, -0.2) is 9.67 Å². The average Bonchev–Trinajstić information content (AvgIpc) is 2.97. The van der Waals surface area contributed by atoms with E-state index in [-0.39, 0.29) is 12.2 Å². The highest BCUT2D eigenvalue weighted by atomic mass is 16.6. The monoisotopic (exact) mass is 368 g/mol. The maximum atomic E-state index is 10.7. The number of hydrogen-bond donors (Lipinski definition) is 2. The second kappa shape index (κ2) is 7.50. The number of aliphatic hydroxyl groups is 1. The number of aromatic nitrogens is 4. The first-order chi connectivity index (χ1) is 12.8. The Morgan fingerprint density at radius 2 is 1.85 bits per heavy atom. The number of anilines is 1. The minimum atomic E-state index is -0.835. The van der Waals surface area contributed by atoms with Crippen LogP contribution in [0.2, 0.25) is 0 Å². The minimum absolute atomic E-state index is 0.0140. The second-order valence-corrected chi connectivity index (χ2v) is 6.28. The summed E-state index contributed by atoms with van der Waals surface area (Å²) in [6.07, 6.45) is -0.835. The standard InChI is InChI=1S/C18H20N6O3/c1-11-9-17(21-18(20-11)23-13(3)8-12(2)22-23)19-10-16(25)14-4-6-15(7-5-14)24(26)27/h4-9,16,25H,10H2,1-3H3,(H,19,20,21)/t16-/m1/s1. The van der Waals surface area contributed by atoms with E-state index in [0.717, 1.165) is 17.1 Å². The molecule has 1 aromatic carbocycles. The maximum Gasteiger partial charge on any atom is 0.269 e. The molecule has 0 aliphatic heterocycles. The van der Waals surface area contributed by atoms with Crippen LogP contribution in [0.25, 0.3) is 5.95 Å². The van der Waals surface area contributed by atoms with Gasteiger partial charge in [0.15, 0.2) is 0 Å². The number of aliphatic hydroxyl groups excluding tert-OH is 1. The van der Waals surface area contributed by atoms with Crippen LogP contribution in [0.5, 0.6) is 0 Å². The van der Waals surface area contributed by atoms with Crippen LogP contribution >= 0.6 is 0 Å². The number of rotatable bonds is 6. The summed E-state index contributed by atoms with van der Waals surface area (Å²) in [4.78, 5) is 19.1. The molecule has 0 unspecified atom stereocenters. The molecule has 0 aliphatic rings. The first-order valence-electron chi connectivity index (χ1n) is 8.39. The molecule has 0 fully saturated rings. The molecule has 140 valence electrons. The van der Waals surface area contributed by atoms with Crippen LogP contribution in [0, 0.1) is 30.9 Å². The summed E-state index contributed by atoms with van der Waals surface area (Å²) in [5.74, 6) is 1.01. The molecule has 0 bridgehead atoms. The summed E-state index contributed by atoms with van der Waals surface area (Å²) in [5.41, 5.74) is 3.13. The lowest BCUT2D eigenvalue weighted by Crippen LogP contribution is -2.15. The highest BCUT2D eigenvalue weighted by Crippen LogP contribution is 2.19. The van der Waals surface area contributed by atoms with Gasteiger partial charge >= 0.3 is 0 Å². The van der Waals surface area contributed by atoms with E-state index in [9.17, 15) is 15.2 Å². The van der Waals surface area contributed by atoms with E-state index < -0.39 is 11.0 Å². The van der Waals surface area contributed by atoms with Crippen LogP contribution in [0.3, 0.4) is 0 Å². The van der Waals surface area contributed by atoms with Crippen molar-refractivity contribution in [1.82, 2.24) is 19.7 Å². The van der Waals surface area contributed by atoms with Crippen molar-refractivity contribution < 1.29 is 10.0 Å². The zero-order valence-corrected chi connectivity index (χ0v) is 15.2. The van der Waals surface area contributed by atoms with Crippen molar-refractivity contribution in [2.24, 2.45) is 0 Å². The van der Waals surface area contributed by atoms with Gasteiger partial charge in [0.2, 0.25) is 0 Å². The fourth-order valence-electron chi connectivity index (χ4n) is 2.71. The van der Waals surface area contributed by atoms with Crippen molar-refractivity contribution in [3.05, 3.63) is 69.2 Å². The molecule has 27 heavy (non-hydrogen) atoms. The summed E-state index contributed by atoms with van der Waals surface area (Å²) in [7, 11) is 0. The largest absolute Gasteiger partial charge is 0.387 e. The van der Waals surface area contributed by atoms with Crippen LogP contribution in [0.1, 0.15) is 28.7 Å². The molecule has 2 heterocycles. The van der Waals surface area contributed by atoms with E-state index in [4.69, 9.17) is 0 Å². The average molecular weight is 368 g/mol. The number of non-ortho nitro benzene ring substituents is 1. The van der Waals surface area contributed by atoms with E-state index in [2.05, 4.69) is 20.4 Å². The lowest BCUT2D eigenvalue weighted by Gasteiger charge is -2.14. The zero-order chi connectivity index (χ0) is 19.6. The van der Waals surface area contributed by atoms with Gasteiger partial charge in [0, 0.05) is 36.1 Å². The molecule has 0 radical (unpaired) electrons. The lowest BCUT2D eigenvalue weighted by atomic mass is 10.1. The smallest absolute Gasteiger partial charge is 0.269 e. The number of nitro groups is 1. The molecule has 3 aromatic rings. The Hall–Kier alpha value is -3.33. The van der Waals surface area contributed by atoms with Crippen LogP contribution < -0.4 is 5.32 Å². The Labute approximate surface area is 155 Å². The molecule has 0 aliphatic carbocycles. The maximum absolute atomic E-state index is 10.7. The SMILES string of the molecule is Cc1cc(NC[C@@H](O)c2ccc([N+](=O)[O-])cc2)nc(-n2nc(C)cc2C)n1. The molecule has 0 saturated heterocycles. The van der Waals surface area contributed by atoms with Crippen molar-refractivity contribution in [2.75, 3.05) is 11.9 Å². The van der Waals surface area contributed by atoms with Crippen molar-refractivity contribution >= 4 is 11.5 Å². The van der Waals surface area contributed by atoms with E-state index in [0.29, 0.717) is 17.3 Å². The van der Waals surface area contributed by atoms with E-state index in [1.807, 2.05) is 26.8 Å². The highest BCUT2D eigenvalue weighted by molar-refractivity contribution is 5.40. The van der Waals surface area contributed by atoms with Crippen molar-refractivity contribution in [3.63, 3.8) is 0 Å². The van der Waals surface area contributed by atoms with Crippen LogP contribution in [0.4, 0.5) is 11.5 Å². The second-order valence-electron chi connectivity index (χ2n) is 6.28. The van der Waals surface area contributed by atoms with Gasteiger partial charge in [-0.3, -0.25) is 10.1 Å². The van der Waals surface area contributed by atoms with Crippen LogP contribution in [-0.4, -0.2) is 36.3 Å². The zero-order valence-electron chi connectivity index (χ0n) is 15.2. The molecule has 2 N–H and O–H groups in total. The topological polar surface area (TPSA) is 119 Å². The predicted octanol–water partition coefficient (Wildman–Crippen LogP) is 2.64. The Morgan fingerprint density at radius 3 is 2.44 bits per heavy atom. The summed E-state index contributed by atoms with van der Waals surface area (Å²) in [6.45, 7) is 5.88. The molecule has 1 atom stereocenters. The van der Waals surface area contributed by atoms with Gasteiger partial charge in [-0.2, -0.15) is 10.1 Å². The lowest BCUT2D eigenvalue weighted by molar-refractivity contribution is -0.384. The minimum Gasteiger partial charge on any atom is -0.387 e. The van der Waals surface area contributed by atoms with Gasteiger partial charge < -0.3 is 10.4 Å². The fraction of sp³-hybridized carbons (Fsp3) is 0.278. The third kappa shape index (κ3) is 4.26. The third-order valence-electron chi connectivity index (χ3n) is 4.01. The van der Waals surface area contributed by atoms with Gasteiger partial charge in [0.05, 0.1) is 16.7 Å². The normalized spacial score (nSPS) is 12.0. The number of nitrogens with one attached hydrogen (secondary N) is 1. The molecule has 0 saturated carbocycles. The Morgan fingerprint density at radius 1 is 1.15 bits per heavy atom. The number of nitrogens with zero attached hydrogens (tertiary/aromatic N) is 5. The first kappa shape index (κ1) is 18.5. The summed E-state index contributed by atoms with van der Waals surface area (Å²) < 4.78 is 1.67. The molecule has 0 spiro atoms. The van der Waals surface area contributed by atoms with E-state index >= 15 is 0 Å². The Bertz CT molecular complexity index is 968. The molecule has 0 amide bonds. The van der Waals surface area contributed by atoms with Gasteiger partial charge in [-0.15, -0.1) is 0 Å². The Balaban J connectivity index is 1.74. The van der Waals surface area contributed by atoms with E-state index in [1.54, 1.807) is 10.7 Å². The van der Waals surface area contributed by atoms with Gasteiger partial charge in [0.1, 0.15) is 5.82 Å². The van der Waals surface area contributed by atoms with E-state index in [1.165, 1.54) is 24.3 Å². The molecular weight excluding hydrogens is 348 g/mol. The first-order valence-corrected chi connectivity index (χ1v) is 8.39. The van der Waals surface area contributed by atoms with Crippen molar-refractivity contribution in [2.45, 2.75) is 26.9 Å². The predicted molar refractivity (Wildman–Crippen MR) is 99.9 cm³/mol. The summed E-state index contributed by atoms with van der Waals surface area (Å²) in [5, 5.41) is 28.5. The molecule has 9 nitrogen and oxygen atoms in total. The van der Waals surface area contributed by atoms with Gasteiger partial charge in [-0.05, 0) is 44.5 Å². The highest BCUT2D eigenvalue weighted by Gasteiger charge is 2.13. The number of aryl methyl sites for hydroxylation is 3. The van der Waals surface area contributed by atoms with Crippen LogP contribution in [0.15, 0.2) is 36.4 Å². The third-order valence-corrected chi connectivity index (χ3v) is 4.01. The number of hydrogen-bond acceptors (Lipinski definition) is 7. The fourth-order valence-corrected chi connectivity index (χ4v) is 2.71. The van der Waals surface area contributed by atoms with Gasteiger partial charge in [-0.1, -0.05) is 0 Å². The molecule has 9 heteroatoms. The Kier molecular flexibility index (Phi) is 5.13. The van der Waals surface area contributed by atoms with Crippen LogP contribution in [-0.2, 0) is 0 Å². The molecule has 3 rings (SSSR count). The van der Waals surface area contributed by atoms with Crippen molar-refractivity contribution in [1.29, 1.82) is 0 Å². The summed E-state index contributed by atoms with van der Waals surface area (Å²) in [6, 6.07) is 9.53. The number of nitro benzene ring substituents is 1. The van der Waals surface area contributed by atoms with Crippen molar-refractivity contribution in [3.8, 4) is 5.95 Å². The number of benzene rings is 1. The molecule has 2 aromatic heterocycles. The molecular formula is C18H20N6O3. The van der Waals surface area contributed by atoms with Gasteiger partial charge in [0.25, 0.3) is 11.6 Å². The quantitative estimate of drug-likeness (QED) is 0.507. The summed E-state index contributed by atoms with van der Waals surface area (Å²) >= 11 is 0.